The van der Waals surface area contributed by atoms with E-state index < -0.39 is 10.8 Å². The number of aromatic nitrogens is 4. The van der Waals surface area contributed by atoms with Crippen LogP contribution in [0.25, 0.3) is 27.7 Å². The molecule has 0 aliphatic rings. The molecule has 0 aliphatic heterocycles. The highest BCUT2D eigenvalue weighted by molar-refractivity contribution is 6.01. The molecule has 0 aliphatic carbocycles. The molecule has 0 radical (unpaired) electrons. The quantitative estimate of drug-likeness (QED) is 0.339. The molecule has 32 heavy (non-hydrogen) atoms. The second kappa shape index (κ2) is 7.88. The molecule has 0 unspecified atom stereocenters. The van der Waals surface area contributed by atoms with Gasteiger partial charge < -0.3 is 5.32 Å². The Labute approximate surface area is 181 Å². The zero-order valence-electron chi connectivity index (χ0n) is 16.7. The summed E-state index contributed by atoms with van der Waals surface area (Å²) in [5, 5.41) is 28.8. The Balaban J connectivity index is 1.52. The summed E-state index contributed by atoms with van der Waals surface area (Å²) in [6.07, 6.45) is 0. The Hall–Kier alpha value is -4.66. The van der Waals surface area contributed by atoms with Crippen molar-refractivity contribution in [2.24, 2.45) is 0 Å². The molecule has 9 heteroatoms. The molecule has 0 saturated heterocycles. The van der Waals surface area contributed by atoms with Crippen LogP contribution in [-0.4, -0.2) is 30.6 Å². The van der Waals surface area contributed by atoms with Crippen LogP contribution >= 0.6 is 0 Å². The second-order valence-electron chi connectivity index (χ2n) is 7.10. The number of benzene rings is 3. The number of carbonyl (C=O) groups excluding carboxylic acids is 1. The van der Waals surface area contributed by atoms with E-state index in [1.54, 1.807) is 4.52 Å². The minimum absolute atomic E-state index is 0.0578. The van der Waals surface area contributed by atoms with E-state index in [9.17, 15) is 14.9 Å². The van der Waals surface area contributed by atoms with Gasteiger partial charge in [0.25, 0.3) is 11.6 Å². The number of non-ortho nitro benzene ring substituents is 1. The van der Waals surface area contributed by atoms with Crippen molar-refractivity contribution in [2.45, 2.75) is 6.54 Å². The van der Waals surface area contributed by atoms with Crippen LogP contribution in [-0.2, 0) is 6.54 Å². The number of amides is 1. The lowest BCUT2D eigenvalue weighted by molar-refractivity contribution is -0.384. The lowest BCUT2D eigenvalue weighted by atomic mass is 10.1. The van der Waals surface area contributed by atoms with Crippen molar-refractivity contribution in [3.05, 3.63) is 100 Å². The number of nitro benzene ring substituents is 1. The zero-order chi connectivity index (χ0) is 22.1. The lowest BCUT2D eigenvalue weighted by Crippen LogP contribution is -2.24. The van der Waals surface area contributed by atoms with Gasteiger partial charge in [0.2, 0.25) is 0 Å². The molecular formula is C23H16N6O3. The van der Waals surface area contributed by atoms with Gasteiger partial charge in [-0.3, -0.25) is 14.9 Å². The van der Waals surface area contributed by atoms with Gasteiger partial charge in [-0.2, -0.15) is 9.61 Å². The van der Waals surface area contributed by atoms with Crippen LogP contribution in [0.2, 0.25) is 0 Å². The smallest absolute Gasteiger partial charge is 0.270 e. The van der Waals surface area contributed by atoms with Crippen molar-refractivity contribution in [3.63, 3.8) is 0 Å². The number of rotatable bonds is 5. The fourth-order valence-electron chi connectivity index (χ4n) is 3.57. The molecule has 1 N–H and O–H groups in total. The van der Waals surface area contributed by atoms with Gasteiger partial charge in [0.1, 0.15) is 0 Å². The summed E-state index contributed by atoms with van der Waals surface area (Å²) in [5.74, 6) is -0.00348. The number of hydrogen-bond acceptors (Lipinski definition) is 6. The zero-order valence-corrected chi connectivity index (χ0v) is 16.7. The van der Waals surface area contributed by atoms with E-state index in [1.165, 1.54) is 24.3 Å². The molecule has 0 saturated carbocycles. The number of nitro groups is 1. The highest BCUT2D eigenvalue weighted by atomic mass is 16.6. The topological polar surface area (TPSA) is 115 Å². The van der Waals surface area contributed by atoms with Gasteiger partial charge in [-0.1, -0.05) is 60.7 Å². The fourth-order valence-corrected chi connectivity index (χ4v) is 3.57. The first kappa shape index (κ1) is 19.3. The summed E-state index contributed by atoms with van der Waals surface area (Å²) < 4.78 is 1.62. The van der Waals surface area contributed by atoms with E-state index in [-0.39, 0.29) is 17.8 Å². The van der Waals surface area contributed by atoms with Crippen LogP contribution < -0.4 is 5.32 Å². The molecule has 9 nitrogen and oxygen atoms in total. The van der Waals surface area contributed by atoms with Crippen LogP contribution in [0.1, 0.15) is 16.2 Å². The minimum Gasteiger partial charge on any atom is -0.345 e. The monoisotopic (exact) mass is 424 g/mol. The third-order valence-electron chi connectivity index (χ3n) is 5.10. The van der Waals surface area contributed by atoms with E-state index in [2.05, 4.69) is 15.5 Å². The highest BCUT2D eigenvalue weighted by Crippen LogP contribution is 2.28. The maximum atomic E-state index is 12.5. The Bertz CT molecular complexity index is 1480. The average Bonchev–Trinajstić information content (AvgIpc) is 3.25. The molecule has 2 aromatic heterocycles. The predicted octanol–water partition coefficient (Wildman–Crippen LogP) is 3.78. The SMILES string of the molecule is O=C(NCc1nnc2c3ccccc3c(-c3ccccc3)nn12)c1cccc([N+](=O)[O-])c1. The number of nitrogens with one attached hydrogen (secondary N) is 1. The first-order chi connectivity index (χ1) is 15.6. The Morgan fingerprint density at radius 3 is 2.47 bits per heavy atom. The normalized spacial score (nSPS) is 11.0. The molecule has 2 heterocycles. The molecule has 156 valence electrons. The molecular weight excluding hydrogens is 408 g/mol. The second-order valence-corrected chi connectivity index (χ2v) is 7.10. The summed E-state index contributed by atoms with van der Waals surface area (Å²) in [7, 11) is 0. The number of hydrogen-bond donors (Lipinski definition) is 1. The lowest BCUT2D eigenvalue weighted by Gasteiger charge is -2.09. The summed E-state index contributed by atoms with van der Waals surface area (Å²) in [4.78, 5) is 23.0. The van der Waals surface area contributed by atoms with Crippen LogP contribution in [0.15, 0.2) is 78.9 Å². The molecule has 0 spiro atoms. The number of fused-ring (bicyclic) bond motifs is 3. The summed E-state index contributed by atoms with van der Waals surface area (Å²) >= 11 is 0. The Morgan fingerprint density at radius 1 is 0.938 bits per heavy atom. The van der Waals surface area contributed by atoms with Crippen molar-refractivity contribution in [1.82, 2.24) is 25.1 Å². The van der Waals surface area contributed by atoms with Crippen molar-refractivity contribution in [3.8, 4) is 11.3 Å². The van der Waals surface area contributed by atoms with Gasteiger partial charge in [0, 0.05) is 34.0 Å². The highest BCUT2D eigenvalue weighted by Gasteiger charge is 2.17. The van der Waals surface area contributed by atoms with Crippen LogP contribution in [0, 0.1) is 10.1 Å². The maximum absolute atomic E-state index is 12.5. The van der Waals surface area contributed by atoms with Crippen LogP contribution in [0.4, 0.5) is 5.69 Å². The van der Waals surface area contributed by atoms with Gasteiger partial charge >= 0.3 is 0 Å². The van der Waals surface area contributed by atoms with E-state index in [4.69, 9.17) is 5.10 Å². The van der Waals surface area contributed by atoms with Gasteiger partial charge in [-0.15, -0.1) is 10.2 Å². The van der Waals surface area contributed by atoms with Crippen molar-refractivity contribution < 1.29 is 9.72 Å². The first-order valence-electron chi connectivity index (χ1n) is 9.83. The van der Waals surface area contributed by atoms with Crippen molar-refractivity contribution >= 4 is 28.0 Å². The predicted molar refractivity (Wildman–Crippen MR) is 118 cm³/mol. The molecule has 3 aromatic carbocycles. The summed E-state index contributed by atoms with van der Waals surface area (Å²) in [5.41, 5.74) is 2.35. The maximum Gasteiger partial charge on any atom is 0.270 e. The molecule has 5 aromatic rings. The van der Waals surface area contributed by atoms with E-state index >= 15 is 0 Å². The summed E-state index contributed by atoms with van der Waals surface area (Å²) in [6.45, 7) is 0.0578. The Kier molecular flexibility index (Phi) is 4.75. The van der Waals surface area contributed by atoms with Gasteiger partial charge in [0.05, 0.1) is 17.2 Å². The van der Waals surface area contributed by atoms with Crippen LogP contribution in [0.5, 0.6) is 0 Å². The van der Waals surface area contributed by atoms with Crippen molar-refractivity contribution in [1.29, 1.82) is 0 Å². The van der Waals surface area contributed by atoms with Crippen LogP contribution in [0.3, 0.4) is 0 Å². The van der Waals surface area contributed by atoms with E-state index in [1.807, 2.05) is 54.6 Å². The third-order valence-corrected chi connectivity index (χ3v) is 5.10. The molecule has 0 fully saturated rings. The molecule has 5 rings (SSSR count). The van der Waals surface area contributed by atoms with Gasteiger partial charge in [-0.25, -0.2) is 0 Å². The number of carbonyl (C=O) groups is 1. The molecule has 0 bridgehead atoms. The summed E-state index contributed by atoms with van der Waals surface area (Å²) in [6, 6.07) is 23.2. The standard InChI is InChI=1S/C23H16N6O3/c30-23(16-9-6-10-17(13-16)29(31)32)24-14-20-25-26-22-19-12-5-4-11-18(19)21(27-28(20)22)15-7-2-1-3-8-15/h1-13H,14H2,(H,24,30). The fraction of sp³-hybridized carbons (Fsp3) is 0.0435. The third kappa shape index (κ3) is 3.41. The molecule has 1 amide bonds. The first-order valence-corrected chi connectivity index (χ1v) is 9.83. The Morgan fingerprint density at radius 2 is 1.69 bits per heavy atom. The van der Waals surface area contributed by atoms with Gasteiger partial charge in [-0.05, 0) is 6.07 Å². The van der Waals surface area contributed by atoms with Gasteiger partial charge in [0.15, 0.2) is 11.5 Å². The molecule has 0 atom stereocenters. The number of nitrogens with zero attached hydrogens (tertiary/aromatic N) is 5. The van der Waals surface area contributed by atoms with Crippen molar-refractivity contribution in [2.75, 3.05) is 0 Å². The average molecular weight is 424 g/mol. The largest absolute Gasteiger partial charge is 0.345 e. The van der Waals surface area contributed by atoms with E-state index in [0.717, 1.165) is 22.0 Å². The van der Waals surface area contributed by atoms with E-state index in [0.29, 0.717) is 11.5 Å². The minimum atomic E-state index is -0.539.